The van der Waals surface area contributed by atoms with Gasteiger partial charge in [-0.1, -0.05) is 103 Å². The summed E-state index contributed by atoms with van der Waals surface area (Å²) in [6.07, 6.45) is 5.59. The lowest BCUT2D eigenvalue weighted by Crippen LogP contribution is -2.40. The average Bonchev–Trinajstić information content (AvgIpc) is 3.32. The van der Waals surface area contributed by atoms with Gasteiger partial charge in [-0.25, -0.2) is 4.79 Å². The van der Waals surface area contributed by atoms with Crippen LogP contribution in [0.1, 0.15) is 81.9 Å². The van der Waals surface area contributed by atoms with Crippen molar-refractivity contribution in [3.8, 4) is 5.75 Å². The smallest absolute Gasteiger partial charge is 0.347 e. The fraction of sp³-hybridized carbons (Fsp3) is 0.288. The van der Waals surface area contributed by atoms with Crippen molar-refractivity contribution in [2.45, 2.75) is 56.8 Å². The Morgan fingerprint density at radius 1 is 0.806 bits per heavy atom. The Balaban J connectivity index is 0.864. The number of carbonyl (C=O) groups is 2. The minimum atomic E-state index is -2.00. The molecular formula is C52H53N3O7. The first kappa shape index (κ1) is 42.4. The molecule has 0 bridgehead atoms. The number of nitrogens with zero attached hydrogens (tertiary/aromatic N) is 2. The van der Waals surface area contributed by atoms with E-state index in [0.717, 1.165) is 49.2 Å². The second-order valence-corrected chi connectivity index (χ2v) is 16.6. The van der Waals surface area contributed by atoms with Crippen LogP contribution in [0.5, 0.6) is 5.75 Å². The number of fused-ring (bicyclic) bond motifs is 1. The minimum Gasteiger partial charge on any atom is -0.506 e. The zero-order chi connectivity index (χ0) is 43.1. The number of piperidine rings is 1. The number of pyridine rings is 1. The van der Waals surface area contributed by atoms with Crippen LogP contribution in [0, 0.1) is 5.92 Å². The zero-order valence-electron chi connectivity index (χ0n) is 34.8. The van der Waals surface area contributed by atoms with Gasteiger partial charge >= 0.3 is 5.97 Å². The summed E-state index contributed by atoms with van der Waals surface area (Å²) in [4.78, 5) is 46.2. The van der Waals surface area contributed by atoms with Gasteiger partial charge < -0.3 is 29.9 Å². The number of hydrogen-bond donors (Lipinski definition) is 4. The summed E-state index contributed by atoms with van der Waals surface area (Å²) in [6.45, 7) is 3.95. The summed E-state index contributed by atoms with van der Waals surface area (Å²) in [6, 6.07) is 40.6. The lowest BCUT2D eigenvalue weighted by Gasteiger charge is -2.33. The second kappa shape index (κ2) is 19.2. The van der Waals surface area contributed by atoms with Gasteiger partial charge in [-0.3, -0.25) is 14.5 Å². The van der Waals surface area contributed by atoms with Gasteiger partial charge in [0, 0.05) is 42.2 Å². The number of phenols is 1. The molecule has 62 heavy (non-hydrogen) atoms. The van der Waals surface area contributed by atoms with Crippen molar-refractivity contribution in [2.75, 3.05) is 32.8 Å². The molecule has 0 spiro atoms. The molecule has 2 aliphatic rings. The quantitative estimate of drug-likeness (QED) is 0.0812. The van der Waals surface area contributed by atoms with Crippen molar-refractivity contribution in [3.63, 3.8) is 0 Å². The fourth-order valence-electron chi connectivity index (χ4n) is 8.79. The Labute approximate surface area is 361 Å². The SMILES string of the molecule is O=C(c1ccc(CCC[C@H](O)c2ccc(O)c3[nH]c(=O)ccc23)cc1)N1CC=C(c2cccc([C@](O)(C(=O)OCC3CCN(Cc4ccccc4)CC3)c3ccccc3)c2)CC1. The standard InChI is InChI=1S/C52H53N3O7/c56-46(44-21-23-47(57)49-45(44)22-24-48(58)53-49)16-7-11-36-17-19-40(20-18-36)50(59)55-31-27-39(28-32-55)41-12-8-15-43(33-41)52(61,42-13-5-2-6-14-42)51(60)62-35-38-25-29-54(30-26-38)34-37-9-3-1-4-10-37/h1-6,8-10,12-15,17-24,27,33,38,46,56-57,61H,7,11,16,25-26,28-32,34-35H2,(H,53,58)/t46-,52-/m0/s1. The molecule has 1 fully saturated rings. The lowest BCUT2D eigenvalue weighted by molar-refractivity contribution is -0.164. The molecule has 2 aliphatic heterocycles. The Kier molecular flexibility index (Phi) is 13.1. The number of esters is 1. The van der Waals surface area contributed by atoms with Crippen LogP contribution in [0.2, 0.25) is 0 Å². The van der Waals surface area contributed by atoms with Crippen LogP contribution in [0.4, 0.5) is 0 Å². The third-order valence-corrected chi connectivity index (χ3v) is 12.5. The van der Waals surface area contributed by atoms with Crippen molar-refractivity contribution in [1.29, 1.82) is 0 Å². The zero-order valence-corrected chi connectivity index (χ0v) is 34.8. The number of likely N-dealkylation sites (tertiary alicyclic amines) is 1. The molecule has 10 heteroatoms. The van der Waals surface area contributed by atoms with Gasteiger partial charge in [0.2, 0.25) is 11.2 Å². The number of aliphatic hydroxyl groups excluding tert-OH is 1. The number of aromatic amines is 1. The number of benzene rings is 5. The molecule has 0 radical (unpaired) electrons. The van der Waals surface area contributed by atoms with Gasteiger partial charge in [-0.05, 0) is 121 Å². The highest BCUT2D eigenvalue weighted by Crippen LogP contribution is 2.35. The number of phenolic OH excluding ortho intramolecular Hbond substituents is 1. The van der Waals surface area contributed by atoms with E-state index in [2.05, 4.69) is 34.1 Å². The van der Waals surface area contributed by atoms with E-state index in [1.807, 2.05) is 77.7 Å². The topological polar surface area (TPSA) is 143 Å². The minimum absolute atomic E-state index is 0.0418. The molecule has 0 saturated carbocycles. The number of amides is 1. The van der Waals surface area contributed by atoms with E-state index >= 15 is 0 Å². The van der Waals surface area contributed by atoms with E-state index in [0.29, 0.717) is 71.9 Å². The van der Waals surface area contributed by atoms with Gasteiger partial charge in [0.15, 0.2) is 0 Å². The molecule has 0 aliphatic carbocycles. The number of ether oxygens (including phenoxy) is 1. The van der Waals surface area contributed by atoms with Crippen molar-refractivity contribution in [1.82, 2.24) is 14.8 Å². The third-order valence-electron chi connectivity index (χ3n) is 12.5. The first-order valence-corrected chi connectivity index (χ1v) is 21.6. The molecule has 4 N–H and O–H groups in total. The predicted molar refractivity (Wildman–Crippen MR) is 240 cm³/mol. The Morgan fingerprint density at radius 3 is 2.26 bits per heavy atom. The number of aromatic hydroxyl groups is 1. The van der Waals surface area contributed by atoms with Crippen molar-refractivity contribution >= 4 is 28.4 Å². The number of hydrogen-bond acceptors (Lipinski definition) is 8. The maximum Gasteiger partial charge on any atom is 0.347 e. The molecule has 0 unspecified atom stereocenters. The van der Waals surface area contributed by atoms with Crippen molar-refractivity contribution in [3.05, 3.63) is 189 Å². The van der Waals surface area contributed by atoms with E-state index < -0.39 is 17.7 Å². The van der Waals surface area contributed by atoms with Crippen LogP contribution >= 0.6 is 0 Å². The van der Waals surface area contributed by atoms with Gasteiger partial charge in [-0.2, -0.15) is 0 Å². The van der Waals surface area contributed by atoms with Gasteiger partial charge in [0.25, 0.3) is 5.91 Å². The summed E-state index contributed by atoms with van der Waals surface area (Å²) >= 11 is 0. The number of aryl methyl sites for hydroxylation is 1. The monoisotopic (exact) mass is 831 g/mol. The number of nitrogens with one attached hydrogen (secondary N) is 1. The van der Waals surface area contributed by atoms with Crippen molar-refractivity contribution < 1.29 is 29.6 Å². The summed E-state index contributed by atoms with van der Waals surface area (Å²) in [5, 5.41) is 34.1. The number of aromatic nitrogens is 1. The molecule has 5 aromatic carbocycles. The molecule has 1 saturated heterocycles. The lowest BCUT2D eigenvalue weighted by atomic mass is 9.84. The third kappa shape index (κ3) is 9.58. The molecule has 6 aromatic rings. The first-order chi connectivity index (χ1) is 30.2. The molecule has 8 rings (SSSR count). The molecular weight excluding hydrogens is 779 g/mol. The largest absolute Gasteiger partial charge is 0.506 e. The Morgan fingerprint density at radius 2 is 1.53 bits per heavy atom. The number of H-pyrrole nitrogens is 1. The fourth-order valence-corrected chi connectivity index (χ4v) is 8.79. The van der Waals surface area contributed by atoms with E-state index in [-0.39, 0.29) is 29.7 Å². The highest BCUT2D eigenvalue weighted by molar-refractivity contribution is 5.95. The van der Waals surface area contributed by atoms with Crippen molar-refractivity contribution in [2.24, 2.45) is 5.92 Å². The summed E-state index contributed by atoms with van der Waals surface area (Å²) in [7, 11) is 0. The summed E-state index contributed by atoms with van der Waals surface area (Å²) < 4.78 is 5.96. The normalized spacial score (nSPS) is 16.4. The van der Waals surface area contributed by atoms with Gasteiger partial charge in [0.1, 0.15) is 5.75 Å². The van der Waals surface area contributed by atoms with E-state index in [9.17, 15) is 29.7 Å². The Bertz CT molecular complexity index is 2580. The summed E-state index contributed by atoms with van der Waals surface area (Å²) in [5.41, 5.74) is 4.36. The van der Waals surface area contributed by atoms with Crippen LogP contribution < -0.4 is 5.56 Å². The highest BCUT2D eigenvalue weighted by Gasteiger charge is 2.42. The maximum atomic E-state index is 14.0. The second-order valence-electron chi connectivity index (χ2n) is 16.6. The molecule has 1 aromatic heterocycles. The van der Waals surface area contributed by atoms with Crippen LogP contribution in [0.3, 0.4) is 0 Å². The van der Waals surface area contributed by atoms with Gasteiger partial charge in [-0.15, -0.1) is 0 Å². The average molecular weight is 832 g/mol. The Hall–Kier alpha value is -6.33. The summed E-state index contributed by atoms with van der Waals surface area (Å²) in [5.74, 6) is -0.571. The maximum absolute atomic E-state index is 14.0. The van der Waals surface area contributed by atoms with Crippen LogP contribution in [0.25, 0.3) is 16.5 Å². The number of rotatable bonds is 14. The molecule has 3 heterocycles. The first-order valence-electron chi connectivity index (χ1n) is 21.6. The molecule has 10 nitrogen and oxygen atoms in total. The van der Waals surface area contributed by atoms with Gasteiger partial charge in [0.05, 0.1) is 18.2 Å². The molecule has 2 atom stereocenters. The molecule has 318 valence electrons. The predicted octanol–water partition coefficient (Wildman–Crippen LogP) is 7.91. The van der Waals surface area contributed by atoms with E-state index in [4.69, 9.17) is 4.74 Å². The highest BCUT2D eigenvalue weighted by atomic mass is 16.5. The molecule has 1 amide bonds. The van der Waals surface area contributed by atoms with E-state index in [1.165, 1.54) is 17.7 Å². The number of carbonyl (C=O) groups excluding carboxylic acids is 2. The van der Waals surface area contributed by atoms with E-state index in [1.54, 1.807) is 30.3 Å². The van der Waals surface area contributed by atoms with Crippen LogP contribution in [-0.2, 0) is 28.1 Å². The number of aliphatic hydroxyl groups is 2. The van der Waals surface area contributed by atoms with Crippen LogP contribution in [0.15, 0.2) is 144 Å². The van der Waals surface area contributed by atoms with Crippen LogP contribution in [-0.4, -0.2) is 74.8 Å².